The van der Waals surface area contributed by atoms with E-state index in [1.807, 2.05) is 13.8 Å². The largest absolute Gasteiger partial charge is 0.469 e. The Morgan fingerprint density at radius 3 is 2.20 bits per heavy atom. The zero-order chi connectivity index (χ0) is 15.9. The SMILES string of the molecule is COC(=O)C[C@H](O)[C@H](CC(C)C)NC(=O)OC(C)(C)C. The number of esters is 1. The summed E-state index contributed by atoms with van der Waals surface area (Å²) in [7, 11) is 1.26. The third-order valence-electron chi connectivity index (χ3n) is 2.50. The summed E-state index contributed by atoms with van der Waals surface area (Å²) in [5, 5.41) is 12.7. The Hall–Kier alpha value is -1.30. The van der Waals surface area contributed by atoms with E-state index in [9.17, 15) is 14.7 Å². The van der Waals surface area contributed by atoms with Crippen molar-refractivity contribution in [2.75, 3.05) is 7.11 Å². The number of ether oxygens (including phenoxy) is 2. The molecular weight excluding hydrogens is 262 g/mol. The molecule has 6 heteroatoms. The van der Waals surface area contributed by atoms with Crippen LogP contribution in [-0.4, -0.2) is 42.0 Å². The summed E-state index contributed by atoms with van der Waals surface area (Å²) in [6.45, 7) is 9.21. The molecule has 118 valence electrons. The standard InChI is InChI=1S/C14H27NO5/c1-9(2)7-10(11(16)8-12(17)19-6)15-13(18)20-14(3,4)5/h9-11,16H,7-8H2,1-6H3,(H,15,18)/t10-,11-/m0/s1. The molecule has 0 fully saturated rings. The van der Waals surface area contributed by atoms with Crippen LogP contribution >= 0.6 is 0 Å². The van der Waals surface area contributed by atoms with Gasteiger partial charge in [-0.1, -0.05) is 13.8 Å². The lowest BCUT2D eigenvalue weighted by atomic mass is 9.97. The minimum Gasteiger partial charge on any atom is -0.469 e. The Morgan fingerprint density at radius 1 is 1.25 bits per heavy atom. The lowest BCUT2D eigenvalue weighted by molar-refractivity contribution is -0.143. The quantitative estimate of drug-likeness (QED) is 0.729. The second-order valence-electron chi connectivity index (χ2n) is 6.23. The van der Waals surface area contributed by atoms with E-state index in [-0.39, 0.29) is 12.3 Å². The molecule has 0 saturated heterocycles. The fourth-order valence-corrected chi connectivity index (χ4v) is 1.68. The van der Waals surface area contributed by atoms with Crippen molar-refractivity contribution in [2.24, 2.45) is 5.92 Å². The summed E-state index contributed by atoms with van der Waals surface area (Å²) in [5.74, 6) is -0.264. The maximum Gasteiger partial charge on any atom is 0.407 e. The zero-order valence-corrected chi connectivity index (χ0v) is 13.2. The molecule has 0 saturated carbocycles. The van der Waals surface area contributed by atoms with Crippen molar-refractivity contribution in [3.8, 4) is 0 Å². The number of hydrogen-bond acceptors (Lipinski definition) is 5. The number of amides is 1. The predicted molar refractivity (Wildman–Crippen MR) is 75.3 cm³/mol. The van der Waals surface area contributed by atoms with E-state index in [1.165, 1.54) is 7.11 Å². The molecule has 0 aliphatic rings. The van der Waals surface area contributed by atoms with E-state index < -0.39 is 29.8 Å². The van der Waals surface area contributed by atoms with Gasteiger partial charge >= 0.3 is 12.1 Å². The molecule has 2 N–H and O–H groups in total. The Balaban J connectivity index is 4.63. The van der Waals surface area contributed by atoms with Crippen LogP contribution in [0.4, 0.5) is 4.79 Å². The lowest BCUT2D eigenvalue weighted by Gasteiger charge is -2.27. The van der Waals surface area contributed by atoms with Crippen LogP contribution in [0.15, 0.2) is 0 Å². The van der Waals surface area contributed by atoms with Crippen LogP contribution in [0, 0.1) is 5.92 Å². The maximum atomic E-state index is 11.7. The fraction of sp³-hybridized carbons (Fsp3) is 0.857. The van der Waals surface area contributed by atoms with Crippen LogP contribution in [0.1, 0.15) is 47.5 Å². The molecule has 0 radical (unpaired) electrons. The van der Waals surface area contributed by atoms with E-state index >= 15 is 0 Å². The van der Waals surface area contributed by atoms with E-state index in [0.29, 0.717) is 6.42 Å². The summed E-state index contributed by atoms with van der Waals surface area (Å²) in [4.78, 5) is 23.0. The van der Waals surface area contributed by atoms with Gasteiger partial charge in [0.15, 0.2) is 0 Å². The molecule has 0 aromatic heterocycles. The van der Waals surface area contributed by atoms with Gasteiger partial charge in [0.1, 0.15) is 5.60 Å². The van der Waals surface area contributed by atoms with Gasteiger partial charge in [-0.25, -0.2) is 4.79 Å². The number of hydrogen-bond donors (Lipinski definition) is 2. The minimum atomic E-state index is -1.00. The van der Waals surface area contributed by atoms with Gasteiger partial charge in [-0.2, -0.15) is 0 Å². The predicted octanol–water partition coefficient (Wildman–Crippen LogP) is 1.85. The highest BCUT2D eigenvalue weighted by Crippen LogP contribution is 2.13. The molecule has 2 atom stereocenters. The lowest BCUT2D eigenvalue weighted by Crippen LogP contribution is -2.46. The summed E-state index contributed by atoms with van der Waals surface area (Å²) in [6.07, 6.45) is -1.23. The van der Waals surface area contributed by atoms with Crippen LogP contribution < -0.4 is 5.32 Å². The fourth-order valence-electron chi connectivity index (χ4n) is 1.68. The topological polar surface area (TPSA) is 84.9 Å². The molecular formula is C14H27NO5. The molecule has 0 unspecified atom stereocenters. The van der Waals surface area contributed by atoms with E-state index in [1.54, 1.807) is 20.8 Å². The highest BCUT2D eigenvalue weighted by Gasteiger charge is 2.27. The summed E-state index contributed by atoms with van der Waals surface area (Å²) in [6, 6.07) is -0.552. The Morgan fingerprint density at radius 2 is 1.80 bits per heavy atom. The molecule has 0 aromatic carbocycles. The second-order valence-corrected chi connectivity index (χ2v) is 6.23. The number of carbonyl (C=O) groups excluding carboxylic acids is 2. The van der Waals surface area contributed by atoms with Gasteiger partial charge in [-0.05, 0) is 33.1 Å². The second kappa shape index (κ2) is 8.09. The van der Waals surface area contributed by atoms with Crippen LogP contribution in [0.3, 0.4) is 0 Å². The van der Waals surface area contributed by atoms with Gasteiger partial charge in [0, 0.05) is 0 Å². The van der Waals surface area contributed by atoms with Crippen LogP contribution in [0.5, 0.6) is 0 Å². The number of aliphatic hydroxyl groups excluding tert-OH is 1. The smallest absolute Gasteiger partial charge is 0.407 e. The molecule has 0 aliphatic carbocycles. The summed E-state index contributed by atoms with van der Waals surface area (Å²) in [5.41, 5.74) is -0.611. The molecule has 0 aliphatic heterocycles. The van der Waals surface area contributed by atoms with Crippen molar-refractivity contribution in [3.63, 3.8) is 0 Å². The van der Waals surface area contributed by atoms with Crippen LogP contribution in [0.2, 0.25) is 0 Å². The molecule has 0 spiro atoms. The molecule has 6 nitrogen and oxygen atoms in total. The van der Waals surface area contributed by atoms with Crippen molar-refractivity contribution in [2.45, 2.75) is 65.2 Å². The van der Waals surface area contributed by atoms with E-state index in [2.05, 4.69) is 10.1 Å². The number of methoxy groups -OCH3 is 1. The first kappa shape index (κ1) is 18.7. The Bertz CT molecular complexity index is 322. The van der Waals surface area contributed by atoms with Gasteiger partial charge in [0.05, 0.1) is 25.7 Å². The first-order valence-corrected chi connectivity index (χ1v) is 6.79. The molecule has 0 heterocycles. The monoisotopic (exact) mass is 289 g/mol. The first-order chi connectivity index (χ1) is 9.05. The molecule has 0 rings (SSSR count). The third kappa shape index (κ3) is 8.74. The number of alkyl carbamates (subject to hydrolysis) is 1. The van der Waals surface area contributed by atoms with Crippen molar-refractivity contribution < 1.29 is 24.2 Å². The first-order valence-electron chi connectivity index (χ1n) is 6.79. The number of nitrogens with one attached hydrogen (secondary N) is 1. The van der Waals surface area contributed by atoms with Gasteiger partial charge in [0.25, 0.3) is 0 Å². The van der Waals surface area contributed by atoms with Crippen molar-refractivity contribution in [1.82, 2.24) is 5.32 Å². The zero-order valence-electron chi connectivity index (χ0n) is 13.2. The Kier molecular flexibility index (Phi) is 7.57. The molecule has 1 amide bonds. The molecule has 0 bridgehead atoms. The summed E-state index contributed by atoms with van der Waals surface area (Å²) >= 11 is 0. The number of aliphatic hydroxyl groups is 1. The highest BCUT2D eigenvalue weighted by molar-refractivity contribution is 5.71. The van der Waals surface area contributed by atoms with E-state index in [4.69, 9.17) is 4.74 Å². The van der Waals surface area contributed by atoms with Crippen LogP contribution in [0.25, 0.3) is 0 Å². The normalized spacial score (nSPS) is 14.6. The highest BCUT2D eigenvalue weighted by atomic mass is 16.6. The minimum absolute atomic E-state index is 0.163. The van der Waals surface area contributed by atoms with Crippen molar-refractivity contribution >= 4 is 12.1 Å². The number of carbonyl (C=O) groups is 2. The van der Waals surface area contributed by atoms with Gasteiger partial charge < -0.3 is 19.9 Å². The van der Waals surface area contributed by atoms with Gasteiger partial charge in [-0.15, -0.1) is 0 Å². The van der Waals surface area contributed by atoms with Gasteiger partial charge in [-0.3, -0.25) is 4.79 Å². The summed E-state index contributed by atoms with van der Waals surface area (Å²) < 4.78 is 9.67. The number of rotatable bonds is 6. The third-order valence-corrected chi connectivity index (χ3v) is 2.50. The van der Waals surface area contributed by atoms with E-state index in [0.717, 1.165) is 0 Å². The van der Waals surface area contributed by atoms with Crippen molar-refractivity contribution in [3.05, 3.63) is 0 Å². The Labute approximate surface area is 120 Å². The molecule has 20 heavy (non-hydrogen) atoms. The van der Waals surface area contributed by atoms with Crippen LogP contribution in [-0.2, 0) is 14.3 Å². The average Bonchev–Trinajstić information content (AvgIpc) is 2.24. The van der Waals surface area contributed by atoms with Gasteiger partial charge in [0.2, 0.25) is 0 Å². The average molecular weight is 289 g/mol. The van der Waals surface area contributed by atoms with Crippen molar-refractivity contribution in [1.29, 1.82) is 0 Å². The maximum absolute atomic E-state index is 11.7. The molecule has 0 aromatic rings.